The molecule has 0 unspecified atom stereocenters. The second-order valence-electron chi connectivity index (χ2n) is 5.08. The van der Waals surface area contributed by atoms with Crippen molar-refractivity contribution in [3.8, 4) is 0 Å². The quantitative estimate of drug-likeness (QED) is 0.730. The smallest absolute Gasteiger partial charge is 0.295 e. The first-order chi connectivity index (χ1) is 10.0. The summed E-state index contributed by atoms with van der Waals surface area (Å²) >= 11 is 3.59. The normalized spacial score (nSPS) is 11.4. The van der Waals surface area contributed by atoms with Crippen molar-refractivity contribution in [3.63, 3.8) is 0 Å². The van der Waals surface area contributed by atoms with Crippen LogP contribution in [0.15, 0.2) is 33.5 Å². The first kappa shape index (κ1) is 14.1. The number of nitrogens with zero attached hydrogens (tertiary/aromatic N) is 4. The average Bonchev–Trinajstić information content (AvgIpc) is 2.90. The third-order valence-electron chi connectivity index (χ3n) is 3.81. The summed E-state index contributed by atoms with van der Waals surface area (Å²) in [6, 6.07) is 7.84. The van der Waals surface area contributed by atoms with Crippen LogP contribution in [0.25, 0.3) is 11.0 Å². The van der Waals surface area contributed by atoms with Crippen LogP contribution in [0.5, 0.6) is 0 Å². The van der Waals surface area contributed by atoms with E-state index in [2.05, 4.69) is 21.0 Å². The van der Waals surface area contributed by atoms with Crippen LogP contribution in [0, 0.1) is 6.92 Å². The molecule has 0 saturated carbocycles. The Bertz CT molecular complexity index is 872. The lowest BCUT2D eigenvalue weighted by atomic mass is 10.3. The standard InChI is InChI=1S/C15H17BrN4O/c1-4-20-13(14(16)10(2)17-20)9-19-12-8-6-5-7-11(12)18(3)15(19)21/h5-8H,4,9H2,1-3H3. The second kappa shape index (κ2) is 5.18. The van der Waals surface area contributed by atoms with Crippen LogP contribution in [0.4, 0.5) is 0 Å². The first-order valence-corrected chi connectivity index (χ1v) is 7.70. The van der Waals surface area contributed by atoms with Crippen molar-refractivity contribution < 1.29 is 0 Å². The van der Waals surface area contributed by atoms with Gasteiger partial charge in [0.2, 0.25) is 0 Å². The molecule has 0 N–H and O–H groups in total. The molecule has 0 atom stereocenters. The number of imidazole rings is 1. The zero-order chi connectivity index (χ0) is 15.1. The van der Waals surface area contributed by atoms with Gasteiger partial charge in [-0.2, -0.15) is 5.10 Å². The van der Waals surface area contributed by atoms with Crippen molar-refractivity contribution >= 4 is 27.0 Å². The molecule has 110 valence electrons. The molecular formula is C15H17BrN4O. The third-order valence-corrected chi connectivity index (χ3v) is 4.84. The number of hydrogen-bond donors (Lipinski definition) is 0. The maximum Gasteiger partial charge on any atom is 0.329 e. The van der Waals surface area contributed by atoms with Gasteiger partial charge in [-0.1, -0.05) is 12.1 Å². The zero-order valence-corrected chi connectivity index (χ0v) is 13.9. The number of para-hydroxylation sites is 2. The lowest BCUT2D eigenvalue weighted by Gasteiger charge is -2.07. The Morgan fingerprint density at radius 3 is 2.57 bits per heavy atom. The van der Waals surface area contributed by atoms with Gasteiger partial charge in [0.1, 0.15) is 0 Å². The van der Waals surface area contributed by atoms with Crippen LogP contribution < -0.4 is 5.69 Å². The summed E-state index contributed by atoms with van der Waals surface area (Å²) in [4.78, 5) is 12.5. The summed E-state index contributed by atoms with van der Waals surface area (Å²) in [6.07, 6.45) is 0. The number of aryl methyl sites for hydroxylation is 3. The molecule has 0 aliphatic rings. The number of halogens is 1. The number of benzene rings is 1. The minimum atomic E-state index is -0.00962. The fourth-order valence-corrected chi connectivity index (χ4v) is 3.10. The zero-order valence-electron chi connectivity index (χ0n) is 12.3. The van der Waals surface area contributed by atoms with Gasteiger partial charge in [-0.05, 0) is 41.9 Å². The van der Waals surface area contributed by atoms with Crippen molar-refractivity contribution in [2.75, 3.05) is 0 Å². The van der Waals surface area contributed by atoms with Gasteiger partial charge in [-0.15, -0.1) is 0 Å². The summed E-state index contributed by atoms with van der Waals surface area (Å²) in [7, 11) is 1.80. The Labute approximate surface area is 130 Å². The van der Waals surface area contributed by atoms with Crippen LogP contribution in [0.3, 0.4) is 0 Å². The highest BCUT2D eigenvalue weighted by molar-refractivity contribution is 9.10. The molecule has 0 bridgehead atoms. The highest BCUT2D eigenvalue weighted by Crippen LogP contribution is 2.23. The molecule has 0 aliphatic heterocycles. The van der Waals surface area contributed by atoms with E-state index in [1.807, 2.05) is 42.8 Å². The lowest BCUT2D eigenvalue weighted by Crippen LogP contribution is -2.24. The summed E-state index contributed by atoms with van der Waals surface area (Å²) < 4.78 is 6.39. The summed E-state index contributed by atoms with van der Waals surface area (Å²) in [5, 5.41) is 4.49. The van der Waals surface area contributed by atoms with Crippen molar-refractivity contribution in [1.29, 1.82) is 0 Å². The predicted octanol–water partition coefficient (Wildman–Crippen LogP) is 2.68. The first-order valence-electron chi connectivity index (χ1n) is 6.90. The van der Waals surface area contributed by atoms with Crippen molar-refractivity contribution in [3.05, 3.63) is 50.6 Å². The molecule has 3 rings (SSSR count). The second-order valence-corrected chi connectivity index (χ2v) is 5.87. The topological polar surface area (TPSA) is 44.8 Å². The van der Waals surface area contributed by atoms with Crippen LogP contribution in [-0.4, -0.2) is 18.9 Å². The summed E-state index contributed by atoms with van der Waals surface area (Å²) in [5.74, 6) is 0. The molecule has 0 radical (unpaired) electrons. The monoisotopic (exact) mass is 348 g/mol. The molecule has 3 aromatic rings. The predicted molar refractivity (Wildman–Crippen MR) is 86.6 cm³/mol. The molecule has 1 aromatic carbocycles. The Kier molecular flexibility index (Phi) is 3.49. The minimum absolute atomic E-state index is 0.00962. The van der Waals surface area contributed by atoms with Gasteiger partial charge in [0, 0.05) is 13.6 Å². The van der Waals surface area contributed by atoms with E-state index in [4.69, 9.17) is 0 Å². The molecule has 0 amide bonds. The highest BCUT2D eigenvalue weighted by Gasteiger charge is 2.16. The van der Waals surface area contributed by atoms with E-state index in [0.717, 1.165) is 33.4 Å². The fourth-order valence-electron chi connectivity index (χ4n) is 2.69. The summed E-state index contributed by atoms with van der Waals surface area (Å²) in [6.45, 7) is 5.30. The third kappa shape index (κ3) is 2.14. The van der Waals surface area contributed by atoms with E-state index in [0.29, 0.717) is 6.54 Å². The van der Waals surface area contributed by atoms with E-state index in [1.165, 1.54) is 0 Å². The minimum Gasteiger partial charge on any atom is -0.295 e. The van der Waals surface area contributed by atoms with E-state index in [1.54, 1.807) is 16.2 Å². The van der Waals surface area contributed by atoms with Gasteiger partial charge < -0.3 is 0 Å². The maximum atomic E-state index is 12.5. The van der Waals surface area contributed by atoms with E-state index in [9.17, 15) is 4.79 Å². The molecule has 21 heavy (non-hydrogen) atoms. The molecule has 2 aromatic heterocycles. The van der Waals surface area contributed by atoms with Crippen molar-refractivity contribution in [1.82, 2.24) is 18.9 Å². The highest BCUT2D eigenvalue weighted by atomic mass is 79.9. The fraction of sp³-hybridized carbons (Fsp3) is 0.333. The Hall–Kier alpha value is -1.82. The van der Waals surface area contributed by atoms with Gasteiger partial charge >= 0.3 is 5.69 Å². The Balaban J connectivity index is 2.20. The van der Waals surface area contributed by atoms with Crippen LogP contribution in [0.2, 0.25) is 0 Å². The number of aromatic nitrogens is 4. The lowest BCUT2D eigenvalue weighted by molar-refractivity contribution is 0.592. The summed E-state index contributed by atoms with van der Waals surface area (Å²) in [5.41, 5.74) is 3.84. The maximum absolute atomic E-state index is 12.5. The number of fused-ring (bicyclic) bond motifs is 1. The largest absolute Gasteiger partial charge is 0.329 e. The molecule has 0 aliphatic carbocycles. The molecule has 5 nitrogen and oxygen atoms in total. The number of rotatable bonds is 3. The van der Waals surface area contributed by atoms with Gasteiger partial charge in [-0.3, -0.25) is 13.8 Å². The molecule has 6 heteroatoms. The average molecular weight is 349 g/mol. The van der Waals surface area contributed by atoms with Crippen molar-refractivity contribution in [2.45, 2.75) is 26.9 Å². The van der Waals surface area contributed by atoms with Crippen LogP contribution in [-0.2, 0) is 20.1 Å². The van der Waals surface area contributed by atoms with Crippen LogP contribution >= 0.6 is 15.9 Å². The van der Waals surface area contributed by atoms with Gasteiger partial charge in [0.25, 0.3) is 0 Å². The van der Waals surface area contributed by atoms with Gasteiger partial charge in [0.05, 0.1) is 33.4 Å². The Morgan fingerprint density at radius 2 is 1.90 bits per heavy atom. The van der Waals surface area contributed by atoms with Crippen molar-refractivity contribution in [2.24, 2.45) is 7.05 Å². The molecular weight excluding hydrogens is 332 g/mol. The van der Waals surface area contributed by atoms with E-state index >= 15 is 0 Å². The van der Waals surface area contributed by atoms with Gasteiger partial charge in [0.15, 0.2) is 0 Å². The molecule has 0 fully saturated rings. The molecule has 0 saturated heterocycles. The van der Waals surface area contributed by atoms with E-state index in [-0.39, 0.29) is 5.69 Å². The van der Waals surface area contributed by atoms with Gasteiger partial charge in [-0.25, -0.2) is 4.79 Å². The molecule has 0 spiro atoms. The number of hydrogen-bond acceptors (Lipinski definition) is 2. The van der Waals surface area contributed by atoms with Crippen LogP contribution in [0.1, 0.15) is 18.3 Å². The SMILES string of the molecule is CCn1nc(C)c(Br)c1Cn1c(=O)n(C)c2ccccc21. The molecule has 2 heterocycles. The van der Waals surface area contributed by atoms with E-state index < -0.39 is 0 Å². The Morgan fingerprint density at radius 1 is 1.24 bits per heavy atom.